The zero-order chi connectivity index (χ0) is 46.3. The predicted octanol–water partition coefficient (Wildman–Crippen LogP) is 10.4. The molecule has 0 aliphatic carbocycles. The maximum atomic E-state index is 12.5. The van der Waals surface area contributed by atoms with E-state index in [1.54, 1.807) is 17.8 Å². The van der Waals surface area contributed by atoms with Crippen molar-refractivity contribution < 1.29 is 14.3 Å². The first kappa shape index (κ1) is 44.7. The molecular weight excluding hydrogens is 893 g/mol. The van der Waals surface area contributed by atoms with E-state index in [4.69, 9.17) is 14.5 Å². The Hall–Kier alpha value is -6.51. The van der Waals surface area contributed by atoms with Crippen LogP contribution >= 0.6 is 15.9 Å². The van der Waals surface area contributed by atoms with Gasteiger partial charge in [0.1, 0.15) is 11.4 Å². The van der Waals surface area contributed by atoms with Crippen LogP contribution in [0.5, 0.6) is 5.75 Å². The zero-order valence-corrected chi connectivity index (χ0v) is 40.4. The Kier molecular flexibility index (Phi) is 12.5. The minimum absolute atomic E-state index is 0.182. The van der Waals surface area contributed by atoms with Gasteiger partial charge < -0.3 is 29.5 Å². The van der Waals surface area contributed by atoms with Crippen molar-refractivity contribution in [3.8, 4) is 39.1 Å². The van der Waals surface area contributed by atoms with Gasteiger partial charge in [-0.1, -0.05) is 54.6 Å². The van der Waals surface area contributed by atoms with Crippen LogP contribution in [0.15, 0.2) is 127 Å². The Morgan fingerprint density at radius 2 is 1.21 bits per heavy atom. The molecule has 14 heteroatoms. The third-order valence-electron chi connectivity index (χ3n) is 12.4. The summed E-state index contributed by atoms with van der Waals surface area (Å²) in [6.45, 7) is 17.8. The minimum Gasteiger partial charge on any atom is -0.496 e. The van der Waals surface area contributed by atoms with Crippen molar-refractivity contribution in [2.45, 2.75) is 78.2 Å². The molecule has 0 radical (unpaired) electrons. The van der Waals surface area contributed by atoms with Crippen LogP contribution in [0.4, 0.5) is 16.2 Å². The lowest BCUT2D eigenvalue weighted by Crippen LogP contribution is -2.58. The molecule has 2 saturated heterocycles. The lowest BCUT2D eigenvalue weighted by molar-refractivity contribution is 0.0193. The number of halogens is 1. The fraction of sp³-hybridized carbons (Fsp3) is 0.327. The fourth-order valence-electron chi connectivity index (χ4n) is 9.49. The number of aromatic nitrogens is 6. The zero-order valence-electron chi connectivity index (χ0n) is 38.8. The Morgan fingerprint density at radius 1 is 0.667 bits per heavy atom. The lowest BCUT2D eigenvalue weighted by Gasteiger charge is -2.45. The van der Waals surface area contributed by atoms with E-state index in [1.807, 2.05) is 73.2 Å². The van der Waals surface area contributed by atoms with Gasteiger partial charge in [0.05, 0.1) is 29.5 Å². The molecule has 4 aromatic carbocycles. The van der Waals surface area contributed by atoms with Gasteiger partial charge in [-0.25, -0.2) is 23.8 Å². The molecule has 4 atom stereocenters. The normalized spacial score (nSPS) is 19.0. The van der Waals surface area contributed by atoms with Crippen LogP contribution < -0.4 is 19.9 Å². The number of benzene rings is 4. The predicted molar refractivity (Wildman–Crippen MR) is 268 cm³/mol. The van der Waals surface area contributed by atoms with E-state index >= 15 is 0 Å². The van der Waals surface area contributed by atoms with Crippen molar-refractivity contribution >= 4 is 55.5 Å². The number of carbonyl (C=O) groups excluding carboxylic acids is 1. The Bertz CT molecular complexity index is 2980. The third-order valence-corrected chi connectivity index (χ3v) is 13.0. The summed E-state index contributed by atoms with van der Waals surface area (Å²) in [5.74, 6) is 0.816. The highest BCUT2D eigenvalue weighted by Gasteiger charge is 2.34. The average Bonchev–Trinajstić information content (AvgIpc) is 3.90. The van der Waals surface area contributed by atoms with Crippen molar-refractivity contribution in [2.75, 3.05) is 43.1 Å². The lowest BCUT2D eigenvalue weighted by atomic mass is 9.99. The number of nitrogens with one attached hydrogen (secondary N) is 1. The molecule has 2 aliphatic rings. The number of hydrogen-bond acceptors (Lipinski definition) is 10. The molecule has 0 spiro atoms. The molecule has 0 unspecified atom stereocenters. The number of amides is 1. The van der Waals surface area contributed by atoms with Gasteiger partial charge in [-0.3, -0.25) is 0 Å². The van der Waals surface area contributed by atoms with Crippen LogP contribution in [-0.4, -0.2) is 103 Å². The third kappa shape index (κ3) is 9.04. The maximum Gasteiger partial charge on any atom is 0.410 e. The van der Waals surface area contributed by atoms with Gasteiger partial charge in [0.15, 0.2) is 11.3 Å². The summed E-state index contributed by atoms with van der Waals surface area (Å²) in [5, 5.41) is 14.8. The molecule has 0 bridgehead atoms. The van der Waals surface area contributed by atoms with Gasteiger partial charge in [0, 0.05) is 103 Å². The van der Waals surface area contributed by atoms with E-state index < -0.39 is 5.60 Å². The van der Waals surface area contributed by atoms with Crippen molar-refractivity contribution in [3.05, 3.63) is 127 Å². The highest BCUT2D eigenvalue weighted by Crippen LogP contribution is 2.39. The maximum absolute atomic E-state index is 12.5. The van der Waals surface area contributed by atoms with Crippen LogP contribution in [0.2, 0.25) is 0 Å². The van der Waals surface area contributed by atoms with Crippen LogP contribution in [0.25, 0.3) is 55.4 Å². The van der Waals surface area contributed by atoms with Gasteiger partial charge >= 0.3 is 6.09 Å². The average molecular weight is 950 g/mol. The minimum atomic E-state index is -0.485. The molecule has 4 aromatic heterocycles. The quantitative estimate of drug-likeness (QED) is 0.173. The number of rotatable bonds is 6. The van der Waals surface area contributed by atoms with Crippen LogP contribution in [0, 0.1) is 0 Å². The summed E-state index contributed by atoms with van der Waals surface area (Å²) in [5.41, 5.74) is 9.74. The second-order valence-electron chi connectivity index (χ2n) is 18.5. The van der Waals surface area contributed by atoms with Crippen molar-refractivity contribution in [2.24, 2.45) is 0 Å². The molecule has 66 heavy (non-hydrogen) atoms. The summed E-state index contributed by atoms with van der Waals surface area (Å²) in [7, 11) is 1.70. The number of carbonyl (C=O) groups is 1. The van der Waals surface area contributed by atoms with E-state index in [9.17, 15) is 4.79 Å². The van der Waals surface area contributed by atoms with Gasteiger partial charge in [0.25, 0.3) is 0 Å². The van der Waals surface area contributed by atoms with Crippen LogP contribution in [0.1, 0.15) is 48.5 Å². The first-order valence-electron chi connectivity index (χ1n) is 22.6. The summed E-state index contributed by atoms with van der Waals surface area (Å²) < 4.78 is 15.8. The smallest absolute Gasteiger partial charge is 0.410 e. The van der Waals surface area contributed by atoms with Gasteiger partial charge in [-0.15, -0.1) is 0 Å². The fourth-order valence-corrected chi connectivity index (χ4v) is 9.87. The number of fused-ring (bicyclic) bond motifs is 3. The molecule has 340 valence electrons. The van der Waals surface area contributed by atoms with E-state index in [0.29, 0.717) is 25.2 Å². The van der Waals surface area contributed by atoms with Crippen molar-refractivity contribution in [1.29, 1.82) is 0 Å². The summed E-state index contributed by atoms with van der Waals surface area (Å²) in [6.07, 6.45) is 11.2. The second kappa shape index (κ2) is 18.4. The number of piperazine rings is 2. The molecule has 0 saturated carbocycles. The highest BCUT2D eigenvalue weighted by molar-refractivity contribution is 9.10. The second-order valence-corrected chi connectivity index (χ2v) is 19.3. The summed E-state index contributed by atoms with van der Waals surface area (Å²) in [4.78, 5) is 28.5. The SMILES string of the molecule is COc1ccc2ccccc2c1-c1cnn2cc(-c3ccc(N4[C@H](C)CNC[C@@H]4C)cc3)cnc12.C[C@@H]1CN(C(=O)OC(C)(C)C)C[C@H](C)N1c1ccc(-c2cnc3c(Br)cnn3c2)cc1. The molecule has 8 aromatic rings. The summed E-state index contributed by atoms with van der Waals surface area (Å²) in [6, 6.07) is 31.0. The molecule has 2 aliphatic heterocycles. The molecule has 2 fully saturated rings. The molecule has 1 amide bonds. The Balaban J connectivity index is 0.000000167. The van der Waals surface area contributed by atoms with Crippen molar-refractivity contribution in [3.63, 3.8) is 0 Å². The standard InChI is InChI=1S/C29H29N5O.C23H28BrN5O2/c1-19-14-30-15-20(2)34(19)24-11-8-21(9-12-24)23-16-31-29-26(17-32-33(29)18-23)28-25-7-5-4-6-22(25)10-13-27(28)35-3;1-15-12-27(22(30)31-23(3,4)5)13-16(2)29(15)19-8-6-17(7-9-19)18-10-25-21-20(24)11-26-28(21)14-18/h4-13,16-20,30H,14-15H2,1-3H3;6-11,14-16H,12-13H2,1-5H3/t19-,20+;15-,16+. The van der Waals surface area contributed by atoms with E-state index in [0.717, 1.165) is 84.4 Å². The van der Waals surface area contributed by atoms with Crippen LogP contribution in [-0.2, 0) is 4.74 Å². The van der Waals surface area contributed by atoms with Crippen LogP contribution in [0.3, 0.4) is 0 Å². The van der Waals surface area contributed by atoms with Gasteiger partial charge in [-0.2, -0.15) is 10.2 Å². The highest BCUT2D eigenvalue weighted by atomic mass is 79.9. The largest absolute Gasteiger partial charge is 0.496 e. The first-order chi connectivity index (χ1) is 31.8. The number of anilines is 2. The Labute approximate surface area is 394 Å². The van der Waals surface area contributed by atoms with Crippen molar-refractivity contribution in [1.82, 2.24) is 39.4 Å². The molecule has 1 N–H and O–H groups in total. The number of ether oxygens (including phenoxy) is 2. The summed E-state index contributed by atoms with van der Waals surface area (Å²) >= 11 is 3.46. The molecule has 13 nitrogen and oxygen atoms in total. The van der Waals surface area contributed by atoms with E-state index in [-0.39, 0.29) is 18.2 Å². The van der Waals surface area contributed by atoms with E-state index in [1.165, 1.54) is 5.69 Å². The first-order valence-corrected chi connectivity index (χ1v) is 23.4. The van der Waals surface area contributed by atoms with E-state index in [2.05, 4.69) is 147 Å². The Morgan fingerprint density at radius 3 is 1.80 bits per heavy atom. The number of hydrogen-bond donors (Lipinski definition) is 1. The monoisotopic (exact) mass is 948 g/mol. The number of methoxy groups -OCH3 is 1. The molecular formula is C52H57BrN10O3. The molecule has 6 heterocycles. The molecule has 10 rings (SSSR count). The topological polar surface area (TPSA) is 118 Å². The number of nitrogens with zero attached hydrogens (tertiary/aromatic N) is 9. The van der Waals surface area contributed by atoms with Gasteiger partial charge in [0.2, 0.25) is 0 Å². The van der Waals surface area contributed by atoms with Gasteiger partial charge in [-0.05, 0) is 117 Å².